The van der Waals surface area contributed by atoms with Gasteiger partial charge in [0.1, 0.15) is 0 Å². The molecule has 1 unspecified atom stereocenters. The first-order valence-corrected chi connectivity index (χ1v) is 11.8. The average molecular weight is 478 g/mol. The first kappa shape index (κ1) is 25.4. The van der Waals surface area contributed by atoms with Gasteiger partial charge in [-0.1, -0.05) is 43.5 Å². The third-order valence-electron chi connectivity index (χ3n) is 6.44. The van der Waals surface area contributed by atoms with Gasteiger partial charge in [-0.15, -0.1) is 0 Å². The lowest BCUT2D eigenvalue weighted by Crippen LogP contribution is -2.48. The fourth-order valence-electron chi connectivity index (χ4n) is 4.30. The van der Waals surface area contributed by atoms with Gasteiger partial charge in [-0.05, 0) is 56.2 Å². The van der Waals surface area contributed by atoms with Crippen molar-refractivity contribution in [1.29, 1.82) is 0 Å². The molecule has 3 rings (SSSR count). The lowest BCUT2D eigenvalue weighted by molar-refractivity contribution is 0.204. The molecule has 2 aliphatic rings. The highest BCUT2D eigenvalue weighted by Gasteiger charge is 2.31. The second kappa shape index (κ2) is 10.4. The SMILES string of the molecule is C=CC(=NC1CN(C(=C)C)C1)C(=C(C)N)C(c1ccc(Cl)cc1)N(C)C1=CN(C)C(=C)C(C)=C1. The third kappa shape index (κ3) is 5.31. The van der Waals surface area contributed by atoms with Crippen LogP contribution in [0.15, 0.2) is 101 Å². The van der Waals surface area contributed by atoms with Crippen LogP contribution >= 0.6 is 11.6 Å². The Morgan fingerprint density at radius 1 is 1.26 bits per heavy atom. The molecule has 2 N–H and O–H groups in total. The molecule has 1 atom stereocenters. The van der Waals surface area contributed by atoms with E-state index in [0.29, 0.717) is 10.7 Å². The third-order valence-corrected chi connectivity index (χ3v) is 6.69. The summed E-state index contributed by atoms with van der Waals surface area (Å²) in [7, 11) is 4.09. The van der Waals surface area contributed by atoms with Crippen LogP contribution in [0, 0.1) is 0 Å². The molecule has 1 aromatic carbocycles. The van der Waals surface area contributed by atoms with Crippen LogP contribution in [0.3, 0.4) is 0 Å². The first-order valence-electron chi connectivity index (χ1n) is 11.4. The summed E-state index contributed by atoms with van der Waals surface area (Å²) in [5.41, 5.74) is 14.3. The average Bonchev–Trinajstić information content (AvgIpc) is 2.75. The van der Waals surface area contributed by atoms with Gasteiger partial charge in [0.25, 0.3) is 0 Å². The lowest BCUT2D eigenvalue weighted by Gasteiger charge is -2.40. The van der Waals surface area contributed by atoms with Crippen molar-refractivity contribution in [2.24, 2.45) is 10.7 Å². The number of nitrogens with two attached hydrogens (primary N) is 1. The van der Waals surface area contributed by atoms with Crippen LogP contribution in [0.2, 0.25) is 5.02 Å². The molecule has 1 fully saturated rings. The van der Waals surface area contributed by atoms with E-state index in [4.69, 9.17) is 22.3 Å². The van der Waals surface area contributed by atoms with Crippen LogP contribution in [0.4, 0.5) is 0 Å². The Bertz CT molecular complexity index is 1100. The zero-order valence-corrected chi connectivity index (χ0v) is 21.7. The van der Waals surface area contributed by atoms with Crippen molar-refractivity contribution >= 4 is 17.3 Å². The van der Waals surface area contributed by atoms with Gasteiger partial charge in [-0.3, -0.25) is 4.99 Å². The van der Waals surface area contributed by atoms with Gasteiger partial charge in [0.15, 0.2) is 0 Å². The molecule has 0 spiro atoms. The smallest absolute Gasteiger partial charge is 0.0856 e. The highest BCUT2D eigenvalue weighted by atomic mass is 35.5. The van der Waals surface area contributed by atoms with Gasteiger partial charge < -0.3 is 20.4 Å². The molecule has 0 aromatic heterocycles. The van der Waals surface area contributed by atoms with E-state index >= 15 is 0 Å². The molecule has 0 radical (unpaired) electrons. The highest BCUT2D eigenvalue weighted by Crippen LogP contribution is 2.36. The largest absolute Gasteiger partial charge is 0.402 e. The Morgan fingerprint density at radius 3 is 2.38 bits per heavy atom. The standard InChI is InChI=1S/C28H36ClN5/c1-9-26(31-24-15-34(16-24)18(2)3)27(20(5)30)28(22-10-12-23(29)13-11-22)33(8)25-14-19(4)21(6)32(7)17-25/h9-14,17,24,28H,1-2,6,15-16,30H2,3-5,7-8H3. The second-order valence-corrected chi connectivity index (χ2v) is 9.55. The maximum atomic E-state index is 6.55. The van der Waals surface area contributed by atoms with E-state index in [-0.39, 0.29) is 12.1 Å². The normalized spacial score (nSPS) is 18.5. The Balaban J connectivity index is 2.08. The van der Waals surface area contributed by atoms with Crippen LogP contribution in [0.5, 0.6) is 0 Å². The molecule has 0 aliphatic carbocycles. The van der Waals surface area contributed by atoms with Gasteiger partial charge in [0.05, 0.1) is 23.5 Å². The molecule has 6 heteroatoms. The number of aliphatic imine (C=N–C) groups is 1. The summed E-state index contributed by atoms with van der Waals surface area (Å²) in [6.07, 6.45) is 6.05. The van der Waals surface area contributed by atoms with E-state index in [1.165, 1.54) is 0 Å². The van der Waals surface area contributed by atoms with Crippen molar-refractivity contribution in [3.8, 4) is 0 Å². The van der Waals surface area contributed by atoms with E-state index in [2.05, 4.69) is 55.8 Å². The van der Waals surface area contributed by atoms with Crippen LogP contribution in [-0.2, 0) is 0 Å². The molecule has 5 nitrogen and oxygen atoms in total. The zero-order chi connectivity index (χ0) is 25.2. The topological polar surface area (TPSA) is 48.1 Å². The molecule has 2 aliphatic heterocycles. The molecule has 0 amide bonds. The number of benzene rings is 1. The highest BCUT2D eigenvalue weighted by molar-refractivity contribution is 6.30. The summed E-state index contributed by atoms with van der Waals surface area (Å²) < 4.78 is 0. The fraction of sp³-hybridized carbons (Fsp3) is 0.321. The van der Waals surface area contributed by atoms with Crippen LogP contribution in [-0.4, -0.2) is 53.6 Å². The zero-order valence-electron chi connectivity index (χ0n) is 21.0. The maximum absolute atomic E-state index is 6.55. The Hall–Kier alpha value is -3.18. The minimum Gasteiger partial charge on any atom is -0.402 e. The van der Waals surface area contributed by atoms with Crippen molar-refractivity contribution in [1.82, 2.24) is 14.7 Å². The van der Waals surface area contributed by atoms with Crippen LogP contribution in [0.25, 0.3) is 0 Å². The van der Waals surface area contributed by atoms with Gasteiger partial charge in [0, 0.05) is 61.1 Å². The summed E-state index contributed by atoms with van der Waals surface area (Å²) in [5.74, 6) is 0. The van der Waals surface area contributed by atoms with Crippen molar-refractivity contribution in [3.63, 3.8) is 0 Å². The summed E-state index contributed by atoms with van der Waals surface area (Å²) in [5, 5.41) is 0.691. The maximum Gasteiger partial charge on any atom is 0.0856 e. The Labute approximate surface area is 209 Å². The van der Waals surface area contributed by atoms with Gasteiger partial charge in [-0.2, -0.15) is 0 Å². The minimum absolute atomic E-state index is 0.181. The summed E-state index contributed by atoms with van der Waals surface area (Å²) in [6, 6.07) is 7.90. The van der Waals surface area contributed by atoms with E-state index in [0.717, 1.165) is 52.6 Å². The lowest BCUT2D eigenvalue weighted by atomic mass is 9.91. The van der Waals surface area contributed by atoms with Crippen molar-refractivity contribution in [2.45, 2.75) is 32.9 Å². The predicted octanol–water partition coefficient (Wildman–Crippen LogP) is 5.64. The minimum atomic E-state index is -0.189. The fourth-order valence-corrected chi connectivity index (χ4v) is 4.43. The van der Waals surface area contributed by atoms with E-state index in [1.54, 1.807) is 0 Å². The Morgan fingerprint density at radius 2 is 1.88 bits per heavy atom. The number of likely N-dealkylation sites (tertiary alicyclic amines) is 1. The summed E-state index contributed by atoms with van der Waals surface area (Å²) in [6.45, 7) is 20.0. The molecule has 1 aromatic rings. The van der Waals surface area contributed by atoms with Gasteiger partial charge in [0.2, 0.25) is 0 Å². The number of hydrogen-bond acceptors (Lipinski definition) is 5. The molecule has 1 saturated heterocycles. The summed E-state index contributed by atoms with van der Waals surface area (Å²) >= 11 is 6.23. The van der Waals surface area contributed by atoms with E-state index in [9.17, 15) is 0 Å². The molecular weight excluding hydrogens is 442 g/mol. The number of rotatable bonds is 8. The van der Waals surface area contributed by atoms with Crippen molar-refractivity contribution in [3.05, 3.63) is 107 Å². The number of allylic oxidation sites excluding steroid dienone is 5. The number of nitrogens with zero attached hydrogens (tertiary/aromatic N) is 4. The quantitative estimate of drug-likeness (QED) is 0.492. The van der Waals surface area contributed by atoms with Crippen LogP contribution < -0.4 is 5.73 Å². The van der Waals surface area contributed by atoms with E-state index in [1.807, 2.05) is 56.1 Å². The van der Waals surface area contributed by atoms with Gasteiger partial charge >= 0.3 is 0 Å². The Kier molecular flexibility index (Phi) is 7.78. The summed E-state index contributed by atoms with van der Waals surface area (Å²) in [4.78, 5) is 11.5. The van der Waals surface area contributed by atoms with Crippen molar-refractivity contribution < 1.29 is 0 Å². The first-order chi connectivity index (χ1) is 16.0. The number of likely N-dealkylation sites (N-methyl/N-ethyl adjacent to an activating group) is 2. The second-order valence-electron chi connectivity index (χ2n) is 9.11. The van der Waals surface area contributed by atoms with Crippen molar-refractivity contribution in [2.75, 3.05) is 27.2 Å². The molecular formula is C28H36ClN5. The predicted molar refractivity (Wildman–Crippen MR) is 145 cm³/mol. The van der Waals surface area contributed by atoms with Crippen LogP contribution in [0.1, 0.15) is 32.4 Å². The number of halogens is 1. The van der Waals surface area contributed by atoms with Gasteiger partial charge in [-0.25, -0.2) is 0 Å². The van der Waals surface area contributed by atoms with E-state index < -0.39 is 0 Å². The molecule has 0 saturated carbocycles. The molecule has 34 heavy (non-hydrogen) atoms. The monoisotopic (exact) mass is 477 g/mol. The molecule has 0 bridgehead atoms. The molecule has 2 heterocycles. The molecule has 180 valence electrons. The number of hydrogen-bond donors (Lipinski definition) is 1.